The smallest absolute Gasteiger partial charge is 0.226 e. The van der Waals surface area contributed by atoms with E-state index < -0.39 is 5.82 Å². The van der Waals surface area contributed by atoms with E-state index in [1.165, 1.54) is 6.07 Å². The molecule has 1 aliphatic heterocycles. The van der Waals surface area contributed by atoms with Crippen LogP contribution in [0.25, 0.3) is 5.82 Å². The SMILES string of the molecule is Cc1ccnc(-n2c(C)cc([C@@H]3[C@@H](c4ccccn4)NC(=S)N3CCC(=O)Nc3ccccc3F)c2C)c1. The van der Waals surface area contributed by atoms with E-state index in [2.05, 4.69) is 51.1 Å². The number of aryl methyl sites for hydroxylation is 2. The standard InChI is InChI=1S/C29H29FN6OS/c1-18-11-14-32-25(16-18)36-19(2)17-21(20(36)3)28-27(24-10-6-7-13-31-24)34-29(38)35(28)15-12-26(37)33-23-9-5-4-8-22(23)30/h4-11,13-14,16-17,27-28H,12,15H2,1-3H3,(H,33,37)(H,34,38)/t27-,28-/m1/s1. The molecule has 4 aromatic rings. The number of hydrogen-bond acceptors (Lipinski definition) is 4. The van der Waals surface area contributed by atoms with Crippen LogP contribution >= 0.6 is 12.2 Å². The largest absolute Gasteiger partial charge is 0.352 e. The summed E-state index contributed by atoms with van der Waals surface area (Å²) in [5, 5.41) is 6.65. The van der Waals surface area contributed by atoms with Crippen LogP contribution in [0.1, 0.15) is 46.7 Å². The molecule has 0 radical (unpaired) electrons. The summed E-state index contributed by atoms with van der Waals surface area (Å²) in [5.41, 5.74) is 5.31. The van der Waals surface area contributed by atoms with Crippen molar-refractivity contribution in [2.75, 3.05) is 11.9 Å². The number of anilines is 1. The lowest BCUT2D eigenvalue weighted by molar-refractivity contribution is -0.116. The van der Waals surface area contributed by atoms with Gasteiger partial charge in [-0.05, 0) is 86.6 Å². The van der Waals surface area contributed by atoms with Gasteiger partial charge in [-0.2, -0.15) is 0 Å². The number of hydrogen-bond donors (Lipinski definition) is 2. The number of thiocarbonyl (C=S) groups is 1. The predicted molar refractivity (Wildman–Crippen MR) is 150 cm³/mol. The molecule has 0 spiro atoms. The minimum Gasteiger partial charge on any atom is -0.352 e. The summed E-state index contributed by atoms with van der Waals surface area (Å²) >= 11 is 5.77. The third-order valence-electron chi connectivity index (χ3n) is 6.84. The van der Waals surface area contributed by atoms with Gasteiger partial charge in [-0.1, -0.05) is 18.2 Å². The summed E-state index contributed by atoms with van der Waals surface area (Å²) in [5.74, 6) is 0.0989. The molecule has 9 heteroatoms. The zero-order valence-electron chi connectivity index (χ0n) is 21.5. The maximum Gasteiger partial charge on any atom is 0.226 e. The van der Waals surface area contributed by atoms with Crippen molar-refractivity contribution in [3.8, 4) is 5.82 Å². The van der Waals surface area contributed by atoms with E-state index in [1.54, 1.807) is 24.4 Å². The molecule has 0 aliphatic carbocycles. The Bertz CT molecular complexity index is 1490. The van der Waals surface area contributed by atoms with Gasteiger partial charge in [0.25, 0.3) is 0 Å². The molecule has 194 valence electrons. The van der Waals surface area contributed by atoms with Gasteiger partial charge >= 0.3 is 0 Å². The number of amides is 1. The molecule has 0 unspecified atom stereocenters. The van der Waals surface area contributed by atoms with Gasteiger partial charge < -0.3 is 20.1 Å². The monoisotopic (exact) mass is 528 g/mol. The molecule has 1 saturated heterocycles. The van der Waals surface area contributed by atoms with Gasteiger partial charge in [0.05, 0.1) is 23.5 Å². The maximum atomic E-state index is 14.1. The molecule has 2 N–H and O–H groups in total. The van der Waals surface area contributed by atoms with Crippen molar-refractivity contribution >= 4 is 28.9 Å². The van der Waals surface area contributed by atoms with Gasteiger partial charge in [0.1, 0.15) is 11.6 Å². The fraction of sp³-hybridized carbons (Fsp3) is 0.241. The first-order valence-corrected chi connectivity index (χ1v) is 12.9. The fourth-order valence-corrected chi connectivity index (χ4v) is 5.40. The summed E-state index contributed by atoms with van der Waals surface area (Å²) in [6.45, 7) is 6.53. The Kier molecular flexibility index (Phi) is 7.20. The average Bonchev–Trinajstić information content (AvgIpc) is 3.39. The minimum atomic E-state index is -0.468. The molecule has 0 bridgehead atoms. The van der Waals surface area contributed by atoms with E-state index in [-0.39, 0.29) is 30.1 Å². The molecule has 1 amide bonds. The Labute approximate surface area is 226 Å². The van der Waals surface area contributed by atoms with Gasteiger partial charge in [-0.15, -0.1) is 0 Å². The zero-order valence-corrected chi connectivity index (χ0v) is 22.3. The molecule has 4 heterocycles. The summed E-state index contributed by atoms with van der Waals surface area (Å²) < 4.78 is 16.2. The van der Waals surface area contributed by atoms with Crippen molar-refractivity contribution in [2.24, 2.45) is 0 Å². The van der Waals surface area contributed by atoms with E-state index in [0.29, 0.717) is 11.7 Å². The molecular formula is C29H29FN6OS. The van der Waals surface area contributed by atoms with E-state index >= 15 is 0 Å². The van der Waals surface area contributed by atoms with E-state index in [9.17, 15) is 9.18 Å². The molecule has 7 nitrogen and oxygen atoms in total. The topological polar surface area (TPSA) is 75.1 Å². The Morgan fingerprint density at radius 3 is 2.58 bits per heavy atom. The highest BCUT2D eigenvalue weighted by atomic mass is 32.1. The number of benzene rings is 1. The molecule has 38 heavy (non-hydrogen) atoms. The molecule has 0 saturated carbocycles. The quantitative estimate of drug-likeness (QED) is 0.316. The molecular weight excluding hydrogens is 499 g/mol. The van der Waals surface area contributed by atoms with Crippen LogP contribution in [-0.2, 0) is 4.79 Å². The second-order valence-electron chi connectivity index (χ2n) is 9.45. The van der Waals surface area contributed by atoms with Crippen LogP contribution in [0.5, 0.6) is 0 Å². The Morgan fingerprint density at radius 2 is 1.84 bits per heavy atom. The molecule has 1 aromatic carbocycles. The van der Waals surface area contributed by atoms with E-state index in [4.69, 9.17) is 12.2 Å². The lowest BCUT2D eigenvalue weighted by Crippen LogP contribution is -2.33. The number of rotatable bonds is 7. The lowest BCUT2D eigenvalue weighted by atomic mass is 9.96. The Morgan fingerprint density at radius 1 is 1.05 bits per heavy atom. The third kappa shape index (κ3) is 5.02. The predicted octanol–water partition coefficient (Wildman–Crippen LogP) is 5.33. The second kappa shape index (κ2) is 10.7. The van der Waals surface area contributed by atoms with E-state index in [0.717, 1.165) is 34.0 Å². The number of carbonyl (C=O) groups excluding carboxylic acids is 1. The summed E-state index contributed by atoms with van der Waals surface area (Å²) in [4.78, 5) is 24.0. The number of para-hydroxylation sites is 1. The van der Waals surface area contributed by atoms with Gasteiger partial charge in [-0.3, -0.25) is 9.78 Å². The first-order chi connectivity index (χ1) is 18.3. The number of carbonyl (C=O) groups is 1. The third-order valence-corrected chi connectivity index (χ3v) is 7.20. The van der Waals surface area contributed by atoms with Crippen molar-refractivity contribution in [1.82, 2.24) is 24.8 Å². The normalized spacial score (nSPS) is 16.9. The van der Waals surface area contributed by atoms with Crippen molar-refractivity contribution in [3.63, 3.8) is 0 Å². The zero-order chi connectivity index (χ0) is 26.8. The summed E-state index contributed by atoms with van der Waals surface area (Å²) in [6, 6.07) is 17.7. The van der Waals surface area contributed by atoms with Gasteiger partial charge in [0.15, 0.2) is 5.11 Å². The average molecular weight is 529 g/mol. The molecule has 1 fully saturated rings. The van der Waals surface area contributed by atoms with Crippen LogP contribution < -0.4 is 10.6 Å². The highest BCUT2D eigenvalue weighted by Crippen LogP contribution is 2.41. The van der Waals surface area contributed by atoms with Crippen LogP contribution in [-0.4, -0.2) is 37.0 Å². The molecule has 3 aromatic heterocycles. The van der Waals surface area contributed by atoms with Gasteiger partial charge in [0, 0.05) is 36.7 Å². The number of pyridine rings is 2. The van der Waals surface area contributed by atoms with Crippen LogP contribution in [0.4, 0.5) is 10.1 Å². The summed E-state index contributed by atoms with van der Waals surface area (Å²) in [6.07, 6.45) is 3.72. The van der Waals surface area contributed by atoms with E-state index in [1.807, 2.05) is 42.3 Å². The van der Waals surface area contributed by atoms with Gasteiger partial charge in [0.2, 0.25) is 5.91 Å². The maximum absolute atomic E-state index is 14.1. The number of nitrogens with zero attached hydrogens (tertiary/aromatic N) is 4. The number of aromatic nitrogens is 3. The Hall–Kier alpha value is -4.11. The molecule has 2 atom stereocenters. The van der Waals surface area contributed by atoms with Crippen molar-refractivity contribution in [1.29, 1.82) is 0 Å². The van der Waals surface area contributed by atoms with Crippen LogP contribution in [0.2, 0.25) is 0 Å². The molecule has 1 aliphatic rings. The van der Waals surface area contributed by atoms with Gasteiger partial charge in [-0.25, -0.2) is 9.37 Å². The lowest BCUT2D eigenvalue weighted by Gasteiger charge is -2.28. The van der Waals surface area contributed by atoms with Crippen molar-refractivity contribution in [2.45, 2.75) is 39.3 Å². The Balaban J connectivity index is 1.48. The fourth-order valence-electron chi connectivity index (χ4n) is 5.06. The van der Waals surface area contributed by atoms with Crippen LogP contribution in [0.3, 0.4) is 0 Å². The second-order valence-corrected chi connectivity index (χ2v) is 9.84. The highest BCUT2D eigenvalue weighted by Gasteiger charge is 2.41. The van der Waals surface area contributed by atoms with Crippen molar-refractivity contribution < 1.29 is 9.18 Å². The number of halogens is 1. The number of nitrogens with one attached hydrogen (secondary N) is 2. The first-order valence-electron chi connectivity index (χ1n) is 12.5. The van der Waals surface area contributed by atoms with Crippen molar-refractivity contribution in [3.05, 3.63) is 107 Å². The summed E-state index contributed by atoms with van der Waals surface area (Å²) in [7, 11) is 0. The molecule has 5 rings (SSSR count). The first kappa shape index (κ1) is 25.5. The van der Waals surface area contributed by atoms with Crippen LogP contribution in [0.15, 0.2) is 73.1 Å². The minimum absolute atomic E-state index is 0.139. The highest BCUT2D eigenvalue weighted by molar-refractivity contribution is 7.80. The van der Waals surface area contributed by atoms with Crippen LogP contribution in [0, 0.1) is 26.6 Å².